The molecule has 0 spiro atoms. The lowest BCUT2D eigenvalue weighted by molar-refractivity contribution is 0.568. The number of hydrogen-bond donors (Lipinski definition) is 2. The van der Waals surface area contributed by atoms with Crippen molar-refractivity contribution in [1.82, 2.24) is 25.3 Å². The Labute approximate surface area is 139 Å². The zero-order chi connectivity index (χ0) is 16.4. The maximum Gasteiger partial charge on any atom is 0.162 e. The van der Waals surface area contributed by atoms with E-state index in [-0.39, 0.29) is 5.82 Å². The third kappa shape index (κ3) is 2.94. The number of aromatic nitrogens is 4. The number of benzene rings is 1. The third-order valence-corrected chi connectivity index (χ3v) is 4.45. The minimum absolute atomic E-state index is 0.196. The fourth-order valence-electron chi connectivity index (χ4n) is 3.32. The Bertz CT molecular complexity index is 833. The number of nitrogens with zero attached hydrogens (tertiary/aromatic N) is 4. The highest BCUT2D eigenvalue weighted by molar-refractivity contribution is 5.83. The van der Waals surface area contributed by atoms with Crippen LogP contribution in [0.1, 0.15) is 18.4 Å². The maximum atomic E-state index is 13.2. The first-order valence-corrected chi connectivity index (χ1v) is 8.17. The topological polar surface area (TPSA) is 69.7 Å². The molecule has 0 amide bonds. The number of aromatic amines is 1. The summed E-state index contributed by atoms with van der Waals surface area (Å²) in [7, 11) is 0. The summed E-state index contributed by atoms with van der Waals surface area (Å²) in [5, 5.41) is 3.43. The monoisotopic (exact) mass is 326 g/mol. The summed E-state index contributed by atoms with van der Waals surface area (Å²) in [6.45, 7) is 2.45. The number of nitrogens with one attached hydrogen (secondary N) is 2. The van der Waals surface area contributed by atoms with Crippen LogP contribution in [0.4, 0.5) is 10.2 Å². The Balaban J connectivity index is 1.44. The molecule has 0 aliphatic carbocycles. The molecule has 1 aliphatic heterocycles. The van der Waals surface area contributed by atoms with Crippen LogP contribution in [0.3, 0.4) is 0 Å². The quantitative estimate of drug-likeness (QED) is 0.752. The number of fused-ring (bicyclic) bond motifs is 1. The van der Waals surface area contributed by atoms with Gasteiger partial charge in [-0.3, -0.25) is 0 Å². The van der Waals surface area contributed by atoms with Gasteiger partial charge in [-0.2, -0.15) is 0 Å². The lowest BCUT2D eigenvalue weighted by Crippen LogP contribution is -2.38. The van der Waals surface area contributed by atoms with E-state index >= 15 is 0 Å². The number of rotatable bonds is 5. The van der Waals surface area contributed by atoms with E-state index in [0.717, 1.165) is 48.5 Å². The molecule has 4 rings (SSSR count). The van der Waals surface area contributed by atoms with E-state index in [1.807, 2.05) is 6.07 Å². The molecule has 1 saturated heterocycles. The lowest BCUT2D eigenvalue weighted by Gasteiger charge is -2.26. The molecule has 3 heterocycles. The third-order valence-electron chi connectivity index (χ3n) is 4.45. The van der Waals surface area contributed by atoms with Crippen LogP contribution in [-0.2, 0) is 6.54 Å². The van der Waals surface area contributed by atoms with Gasteiger partial charge in [0.1, 0.15) is 17.7 Å². The highest BCUT2D eigenvalue weighted by Crippen LogP contribution is 2.27. The molecular weight excluding hydrogens is 307 g/mol. The number of hydrogen-bond acceptors (Lipinski definition) is 5. The predicted octanol–water partition coefficient (Wildman–Crippen LogP) is 2.25. The van der Waals surface area contributed by atoms with Gasteiger partial charge in [0.2, 0.25) is 0 Å². The Morgan fingerprint density at radius 1 is 1.29 bits per heavy atom. The van der Waals surface area contributed by atoms with Crippen molar-refractivity contribution in [2.45, 2.75) is 25.4 Å². The fraction of sp³-hybridized carbons (Fsp3) is 0.353. The van der Waals surface area contributed by atoms with E-state index in [2.05, 4.69) is 30.2 Å². The highest BCUT2D eigenvalue weighted by atomic mass is 19.1. The number of imidazole rings is 1. The second-order valence-corrected chi connectivity index (χ2v) is 6.05. The van der Waals surface area contributed by atoms with E-state index in [1.54, 1.807) is 24.8 Å². The first kappa shape index (κ1) is 15.0. The van der Waals surface area contributed by atoms with E-state index in [1.165, 1.54) is 6.07 Å². The summed E-state index contributed by atoms with van der Waals surface area (Å²) in [4.78, 5) is 18.3. The van der Waals surface area contributed by atoms with Crippen LogP contribution in [-0.4, -0.2) is 39.1 Å². The summed E-state index contributed by atoms with van der Waals surface area (Å²) in [5.41, 5.74) is 2.53. The zero-order valence-electron chi connectivity index (χ0n) is 13.2. The van der Waals surface area contributed by atoms with Gasteiger partial charge in [-0.05, 0) is 30.5 Å². The predicted molar refractivity (Wildman–Crippen MR) is 90.2 cm³/mol. The summed E-state index contributed by atoms with van der Waals surface area (Å²) >= 11 is 0. The molecule has 2 N–H and O–H groups in total. The van der Waals surface area contributed by atoms with Crippen LogP contribution < -0.4 is 10.2 Å². The van der Waals surface area contributed by atoms with Gasteiger partial charge in [0.25, 0.3) is 0 Å². The van der Waals surface area contributed by atoms with Crippen molar-refractivity contribution in [3.8, 4) is 0 Å². The van der Waals surface area contributed by atoms with E-state index in [9.17, 15) is 4.39 Å². The Morgan fingerprint density at radius 2 is 2.25 bits per heavy atom. The maximum absolute atomic E-state index is 13.2. The first-order valence-electron chi connectivity index (χ1n) is 8.17. The second-order valence-electron chi connectivity index (χ2n) is 6.05. The van der Waals surface area contributed by atoms with Crippen molar-refractivity contribution < 1.29 is 4.39 Å². The van der Waals surface area contributed by atoms with Crippen molar-refractivity contribution in [3.63, 3.8) is 0 Å². The summed E-state index contributed by atoms with van der Waals surface area (Å²) < 4.78 is 13.2. The molecule has 7 heteroatoms. The SMILES string of the molecule is Fc1cccc(CNCC2CCCN2c2ncnc3[nH]cnc23)c1. The fourth-order valence-corrected chi connectivity index (χ4v) is 3.32. The van der Waals surface area contributed by atoms with E-state index in [0.29, 0.717) is 12.6 Å². The Hall–Kier alpha value is -2.54. The average Bonchev–Trinajstić information content (AvgIpc) is 3.23. The zero-order valence-corrected chi connectivity index (χ0v) is 13.2. The molecular formula is C17H19FN6. The molecule has 1 aliphatic rings. The van der Waals surface area contributed by atoms with Crippen molar-refractivity contribution in [2.24, 2.45) is 0 Å². The van der Waals surface area contributed by atoms with Gasteiger partial charge in [-0.1, -0.05) is 12.1 Å². The first-order chi connectivity index (χ1) is 11.8. The van der Waals surface area contributed by atoms with Crippen LogP contribution in [0.25, 0.3) is 11.2 Å². The molecule has 0 saturated carbocycles. The number of anilines is 1. The van der Waals surface area contributed by atoms with E-state index in [4.69, 9.17) is 0 Å². The van der Waals surface area contributed by atoms with Crippen LogP contribution in [0.2, 0.25) is 0 Å². The van der Waals surface area contributed by atoms with Crippen molar-refractivity contribution in [1.29, 1.82) is 0 Å². The van der Waals surface area contributed by atoms with Crippen LogP contribution in [0.15, 0.2) is 36.9 Å². The molecule has 2 aromatic heterocycles. The molecule has 6 nitrogen and oxygen atoms in total. The Morgan fingerprint density at radius 3 is 3.17 bits per heavy atom. The van der Waals surface area contributed by atoms with Crippen LogP contribution in [0, 0.1) is 5.82 Å². The average molecular weight is 326 g/mol. The van der Waals surface area contributed by atoms with E-state index < -0.39 is 0 Å². The molecule has 0 bridgehead atoms. The molecule has 1 fully saturated rings. The van der Waals surface area contributed by atoms with Gasteiger partial charge < -0.3 is 15.2 Å². The van der Waals surface area contributed by atoms with Gasteiger partial charge in [-0.25, -0.2) is 19.3 Å². The molecule has 3 aromatic rings. The normalized spacial score (nSPS) is 17.7. The van der Waals surface area contributed by atoms with Gasteiger partial charge in [0, 0.05) is 25.7 Å². The van der Waals surface area contributed by atoms with Crippen molar-refractivity contribution >= 4 is 17.0 Å². The number of halogens is 1. The van der Waals surface area contributed by atoms with Gasteiger partial charge in [0.05, 0.1) is 6.33 Å². The minimum Gasteiger partial charge on any atom is -0.350 e. The Kier molecular flexibility index (Phi) is 4.08. The molecule has 0 radical (unpaired) electrons. The minimum atomic E-state index is -0.196. The largest absolute Gasteiger partial charge is 0.350 e. The smallest absolute Gasteiger partial charge is 0.162 e. The van der Waals surface area contributed by atoms with Gasteiger partial charge in [-0.15, -0.1) is 0 Å². The van der Waals surface area contributed by atoms with Crippen LogP contribution in [0.5, 0.6) is 0 Å². The molecule has 124 valence electrons. The molecule has 1 atom stereocenters. The standard InChI is InChI=1S/C17H19FN6/c18-13-4-1-3-12(7-13)8-19-9-14-5-2-6-24(14)17-15-16(21-10-20-15)22-11-23-17/h1,3-4,7,10-11,14,19H,2,5-6,8-9H2,(H,20,21,22,23). The van der Waals surface area contributed by atoms with Crippen molar-refractivity contribution in [2.75, 3.05) is 18.0 Å². The summed E-state index contributed by atoms with van der Waals surface area (Å²) in [6, 6.07) is 7.06. The summed E-state index contributed by atoms with van der Waals surface area (Å²) in [5.74, 6) is 0.690. The molecule has 24 heavy (non-hydrogen) atoms. The summed E-state index contributed by atoms with van der Waals surface area (Å²) in [6.07, 6.45) is 5.45. The second kappa shape index (κ2) is 6.52. The van der Waals surface area contributed by atoms with Crippen LogP contribution >= 0.6 is 0 Å². The lowest BCUT2D eigenvalue weighted by atomic mass is 10.2. The molecule has 1 unspecified atom stereocenters. The highest BCUT2D eigenvalue weighted by Gasteiger charge is 2.27. The molecule has 1 aromatic carbocycles. The van der Waals surface area contributed by atoms with Gasteiger partial charge in [0.15, 0.2) is 11.5 Å². The van der Waals surface area contributed by atoms with Crippen molar-refractivity contribution in [3.05, 3.63) is 48.3 Å². The number of H-pyrrole nitrogens is 1. The van der Waals surface area contributed by atoms with Gasteiger partial charge >= 0.3 is 0 Å².